The van der Waals surface area contributed by atoms with Crippen molar-refractivity contribution in [1.82, 2.24) is 4.90 Å². The Kier molecular flexibility index (Phi) is 2.40. The van der Waals surface area contributed by atoms with Gasteiger partial charge in [-0.1, -0.05) is 0 Å². The highest BCUT2D eigenvalue weighted by atomic mass is 16.5. The van der Waals surface area contributed by atoms with E-state index >= 15 is 0 Å². The minimum atomic E-state index is 0.689. The molecule has 0 saturated carbocycles. The van der Waals surface area contributed by atoms with Gasteiger partial charge in [0.15, 0.2) is 0 Å². The third kappa shape index (κ3) is 1.62. The third-order valence-electron chi connectivity index (χ3n) is 2.63. The van der Waals surface area contributed by atoms with Crippen molar-refractivity contribution in [3.05, 3.63) is 11.5 Å². The third-order valence-corrected chi connectivity index (χ3v) is 2.63. The summed E-state index contributed by atoms with van der Waals surface area (Å²) in [5.41, 5.74) is 0.835. The van der Waals surface area contributed by atoms with Crippen LogP contribution in [-0.2, 0) is 4.74 Å². The molecule has 0 aromatic rings. The molecule has 2 rings (SSSR count). The SMILES string of the molecule is N#CC1=C(N2CCCCC2)OCC1. The summed E-state index contributed by atoms with van der Waals surface area (Å²) >= 11 is 0. The largest absolute Gasteiger partial charge is 0.478 e. The average molecular weight is 178 g/mol. The molecule has 2 aliphatic rings. The Morgan fingerprint density at radius 2 is 2.00 bits per heavy atom. The molecule has 0 atom stereocenters. The maximum absolute atomic E-state index is 8.85. The zero-order chi connectivity index (χ0) is 9.10. The second kappa shape index (κ2) is 3.69. The van der Waals surface area contributed by atoms with Crippen LogP contribution in [0.2, 0.25) is 0 Å². The van der Waals surface area contributed by atoms with Crippen molar-refractivity contribution in [1.29, 1.82) is 5.26 Å². The number of nitriles is 1. The van der Waals surface area contributed by atoms with E-state index in [0.29, 0.717) is 6.61 Å². The molecule has 1 saturated heterocycles. The lowest BCUT2D eigenvalue weighted by molar-refractivity contribution is 0.120. The van der Waals surface area contributed by atoms with Crippen LogP contribution < -0.4 is 0 Å². The van der Waals surface area contributed by atoms with E-state index in [1.807, 2.05) is 0 Å². The monoisotopic (exact) mass is 178 g/mol. The Bertz CT molecular complexity index is 259. The fraction of sp³-hybridized carbons (Fsp3) is 0.700. The van der Waals surface area contributed by atoms with E-state index in [4.69, 9.17) is 10.00 Å². The first-order valence-electron chi connectivity index (χ1n) is 4.93. The van der Waals surface area contributed by atoms with Gasteiger partial charge in [-0.3, -0.25) is 0 Å². The van der Waals surface area contributed by atoms with Crippen molar-refractivity contribution in [3.63, 3.8) is 0 Å². The van der Waals surface area contributed by atoms with Crippen molar-refractivity contribution < 1.29 is 4.74 Å². The topological polar surface area (TPSA) is 36.3 Å². The van der Waals surface area contributed by atoms with Crippen LogP contribution in [0, 0.1) is 11.3 Å². The van der Waals surface area contributed by atoms with Crippen molar-refractivity contribution in [2.45, 2.75) is 25.7 Å². The summed E-state index contributed by atoms with van der Waals surface area (Å²) in [7, 11) is 0. The van der Waals surface area contributed by atoms with Gasteiger partial charge >= 0.3 is 0 Å². The zero-order valence-electron chi connectivity index (χ0n) is 7.75. The van der Waals surface area contributed by atoms with Gasteiger partial charge in [0, 0.05) is 19.5 Å². The summed E-state index contributed by atoms with van der Waals surface area (Å²) in [4.78, 5) is 2.22. The average Bonchev–Trinajstić information content (AvgIpc) is 2.67. The molecular formula is C10H14N2O. The van der Waals surface area contributed by atoms with Gasteiger partial charge in [-0.15, -0.1) is 0 Å². The van der Waals surface area contributed by atoms with Crippen LogP contribution >= 0.6 is 0 Å². The lowest BCUT2D eigenvalue weighted by atomic mass is 10.1. The number of hydrogen-bond donors (Lipinski definition) is 0. The Morgan fingerprint density at radius 1 is 1.23 bits per heavy atom. The van der Waals surface area contributed by atoms with Gasteiger partial charge in [0.25, 0.3) is 0 Å². The maximum atomic E-state index is 8.85. The second-order valence-corrected chi connectivity index (χ2v) is 3.54. The molecule has 0 radical (unpaired) electrons. The van der Waals surface area contributed by atoms with E-state index < -0.39 is 0 Å². The normalized spacial score (nSPS) is 22.8. The zero-order valence-corrected chi connectivity index (χ0v) is 7.75. The number of likely N-dealkylation sites (tertiary alicyclic amines) is 1. The van der Waals surface area contributed by atoms with Crippen LogP contribution in [0.25, 0.3) is 0 Å². The van der Waals surface area contributed by atoms with Gasteiger partial charge in [-0.05, 0) is 19.3 Å². The first-order valence-corrected chi connectivity index (χ1v) is 4.93. The first-order chi connectivity index (χ1) is 6.42. The van der Waals surface area contributed by atoms with Crippen molar-refractivity contribution in [2.24, 2.45) is 0 Å². The van der Waals surface area contributed by atoms with Crippen LogP contribution in [0.4, 0.5) is 0 Å². The summed E-state index contributed by atoms with van der Waals surface area (Å²) < 4.78 is 5.48. The van der Waals surface area contributed by atoms with Gasteiger partial charge in [0.1, 0.15) is 6.07 Å². The highest BCUT2D eigenvalue weighted by Crippen LogP contribution is 2.24. The molecule has 0 aromatic carbocycles. The highest BCUT2D eigenvalue weighted by molar-refractivity contribution is 5.26. The first kappa shape index (κ1) is 8.43. The highest BCUT2D eigenvalue weighted by Gasteiger charge is 2.22. The van der Waals surface area contributed by atoms with Crippen LogP contribution in [0.15, 0.2) is 11.5 Å². The van der Waals surface area contributed by atoms with Gasteiger partial charge in [-0.2, -0.15) is 5.26 Å². The van der Waals surface area contributed by atoms with E-state index in [2.05, 4.69) is 11.0 Å². The van der Waals surface area contributed by atoms with Crippen molar-refractivity contribution >= 4 is 0 Å². The molecule has 0 aromatic heterocycles. The van der Waals surface area contributed by atoms with E-state index in [9.17, 15) is 0 Å². The predicted molar refractivity (Wildman–Crippen MR) is 48.6 cm³/mol. The molecule has 0 N–H and O–H groups in total. The summed E-state index contributed by atoms with van der Waals surface area (Å²) in [5, 5.41) is 8.85. The number of hydrogen-bond acceptors (Lipinski definition) is 3. The second-order valence-electron chi connectivity index (χ2n) is 3.54. The smallest absolute Gasteiger partial charge is 0.203 e. The van der Waals surface area contributed by atoms with Crippen molar-refractivity contribution in [3.8, 4) is 6.07 Å². The summed E-state index contributed by atoms with van der Waals surface area (Å²) in [6, 6.07) is 2.22. The molecule has 0 unspecified atom stereocenters. The summed E-state index contributed by atoms with van der Waals surface area (Å²) in [5.74, 6) is 0.863. The molecule has 0 spiro atoms. The number of nitrogens with zero attached hydrogens (tertiary/aromatic N) is 2. The lowest BCUT2D eigenvalue weighted by Gasteiger charge is -2.28. The molecule has 70 valence electrons. The van der Waals surface area contributed by atoms with Crippen LogP contribution in [0.3, 0.4) is 0 Å². The summed E-state index contributed by atoms with van der Waals surface area (Å²) in [6.45, 7) is 2.80. The Labute approximate surface area is 78.6 Å². The van der Waals surface area contributed by atoms with E-state index in [1.165, 1.54) is 19.3 Å². The molecule has 0 aliphatic carbocycles. The summed E-state index contributed by atoms with van der Waals surface area (Å²) in [6.07, 6.45) is 4.56. The molecule has 2 heterocycles. The number of piperidine rings is 1. The van der Waals surface area contributed by atoms with Gasteiger partial charge < -0.3 is 9.64 Å². The number of rotatable bonds is 1. The molecule has 2 aliphatic heterocycles. The Morgan fingerprint density at radius 3 is 2.69 bits per heavy atom. The van der Waals surface area contributed by atoms with Gasteiger partial charge in [0.2, 0.25) is 5.88 Å². The molecule has 0 amide bonds. The minimum absolute atomic E-state index is 0.689. The molecule has 1 fully saturated rings. The number of ether oxygens (including phenoxy) is 1. The fourth-order valence-corrected chi connectivity index (χ4v) is 1.93. The van der Waals surface area contributed by atoms with Crippen LogP contribution in [0.1, 0.15) is 25.7 Å². The molecule has 3 nitrogen and oxygen atoms in total. The molecule has 13 heavy (non-hydrogen) atoms. The standard InChI is InChI=1S/C10H14N2O/c11-8-9-4-7-13-10(9)12-5-2-1-3-6-12/h1-7H2. The van der Waals surface area contributed by atoms with E-state index in [-0.39, 0.29) is 0 Å². The van der Waals surface area contributed by atoms with Gasteiger partial charge in [0.05, 0.1) is 12.2 Å². The van der Waals surface area contributed by atoms with E-state index in [1.54, 1.807) is 0 Å². The van der Waals surface area contributed by atoms with Crippen LogP contribution in [0.5, 0.6) is 0 Å². The van der Waals surface area contributed by atoms with Crippen molar-refractivity contribution in [2.75, 3.05) is 19.7 Å². The lowest BCUT2D eigenvalue weighted by Crippen LogP contribution is -2.29. The predicted octanol–water partition coefficient (Wildman–Crippen LogP) is 1.63. The van der Waals surface area contributed by atoms with Crippen LogP contribution in [-0.4, -0.2) is 24.6 Å². The van der Waals surface area contributed by atoms with Gasteiger partial charge in [-0.25, -0.2) is 0 Å². The minimum Gasteiger partial charge on any atom is -0.478 e. The van der Waals surface area contributed by atoms with E-state index in [0.717, 1.165) is 31.0 Å². The quantitative estimate of drug-likeness (QED) is 0.612. The molecular weight excluding hydrogens is 164 g/mol. The molecule has 3 heteroatoms. The Hall–Kier alpha value is -1.17. The maximum Gasteiger partial charge on any atom is 0.203 e. The fourth-order valence-electron chi connectivity index (χ4n) is 1.93. The Balaban J connectivity index is 2.10. The molecule has 0 bridgehead atoms.